The molecule has 0 atom stereocenters. The SMILES string of the molecule is CCN(CC)c1ccc(NC(=O)CCCS(C)(=O)=O)cc1. The zero-order valence-electron chi connectivity index (χ0n) is 12.9. The van der Waals surface area contributed by atoms with Crippen molar-refractivity contribution in [1.82, 2.24) is 0 Å². The number of hydrogen-bond acceptors (Lipinski definition) is 4. The first kappa shape index (κ1) is 17.5. The van der Waals surface area contributed by atoms with E-state index < -0.39 is 9.84 Å². The molecule has 0 aliphatic heterocycles. The van der Waals surface area contributed by atoms with Gasteiger partial charge in [-0.25, -0.2) is 8.42 Å². The highest BCUT2D eigenvalue weighted by atomic mass is 32.2. The van der Waals surface area contributed by atoms with E-state index in [9.17, 15) is 13.2 Å². The van der Waals surface area contributed by atoms with Gasteiger partial charge in [0.25, 0.3) is 0 Å². The molecule has 6 heteroatoms. The topological polar surface area (TPSA) is 66.5 Å². The van der Waals surface area contributed by atoms with Crippen molar-refractivity contribution in [3.8, 4) is 0 Å². The quantitative estimate of drug-likeness (QED) is 0.800. The van der Waals surface area contributed by atoms with Crippen LogP contribution in [0.5, 0.6) is 0 Å². The summed E-state index contributed by atoms with van der Waals surface area (Å²) in [6.07, 6.45) is 1.74. The molecule has 0 saturated carbocycles. The Balaban J connectivity index is 2.50. The summed E-state index contributed by atoms with van der Waals surface area (Å²) >= 11 is 0. The van der Waals surface area contributed by atoms with Crippen LogP contribution < -0.4 is 10.2 Å². The van der Waals surface area contributed by atoms with Crippen LogP contribution in [0.15, 0.2) is 24.3 Å². The fourth-order valence-electron chi connectivity index (χ4n) is 2.06. The van der Waals surface area contributed by atoms with Crippen molar-refractivity contribution in [2.45, 2.75) is 26.7 Å². The fourth-order valence-corrected chi connectivity index (χ4v) is 2.73. The lowest BCUT2D eigenvalue weighted by Crippen LogP contribution is -2.21. The van der Waals surface area contributed by atoms with Crippen molar-refractivity contribution < 1.29 is 13.2 Å². The molecule has 0 saturated heterocycles. The number of carbonyl (C=O) groups excluding carboxylic acids is 1. The Bertz CT molecular complexity index is 549. The molecule has 0 fully saturated rings. The van der Waals surface area contributed by atoms with E-state index in [1.54, 1.807) is 0 Å². The summed E-state index contributed by atoms with van der Waals surface area (Å²) < 4.78 is 22.0. The third kappa shape index (κ3) is 6.62. The van der Waals surface area contributed by atoms with Crippen LogP contribution in [0.1, 0.15) is 26.7 Å². The molecule has 0 radical (unpaired) electrons. The molecule has 21 heavy (non-hydrogen) atoms. The molecule has 0 heterocycles. The number of nitrogens with one attached hydrogen (secondary N) is 1. The predicted molar refractivity (Wildman–Crippen MR) is 87.6 cm³/mol. The van der Waals surface area contributed by atoms with E-state index >= 15 is 0 Å². The molecule has 1 aromatic carbocycles. The van der Waals surface area contributed by atoms with Gasteiger partial charge in [-0.3, -0.25) is 4.79 Å². The van der Waals surface area contributed by atoms with Gasteiger partial charge < -0.3 is 10.2 Å². The van der Waals surface area contributed by atoms with Crippen molar-refractivity contribution >= 4 is 27.1 Å². The van der Waals surface area contributed by atoms with Crippen LogP contribution in [0.25, 0.3) is 0 Å². The summed E-state index contributed by atoms with van der Waals surface area (Å²) in [5.74, 6) is -0.115. The second kappa shape index (κ2) is 8.02. The number of benzene rings is 1. The van der Waals surface area contributed by atoms with Gasteiger partial charge in [0.1, 0.15) is 9.84 Å². The molecule has 1 rings (SSSR count). The molecule has 1 aromatic rings. The first-order chi connectivity index (χ1) is 9.85. The van der Waals surface area contributed by atoms with Crippen LogP contribution in [-0.4, -0.2) is 39.4 Å². The number of hydrogen-bond donors (Lipinski definition) is 1. The van der Waals surface area contributed by atoms with Gasteiger partial charge in [0, 0.05) is 37.1 Å². The Hall–Kier alpha value is -1.56. The third-order valence-corrected chi connectivity index (χ3v) is 4.23. The number of amides is 1. The highest BCUT2D eigenvalue weighted by Crippen LogP contribution is 2.17. The van der Waals surface area contributed by atoms with Gasteiger partial charge in [-0.15, -0.1) is 0 Å². The summed E-state index contributed by atoms with van der Waals surface area (Å²) in [7, 11) is -3.00. The summed E-state index contributed by atoms with van der Waals surface area (Å²) in [4.78, 5) is 13.9. The van der Waals surface area contributed by atoms with E-state index in [0.29, 0.717) is 6.42 Å². The standard InChI is InChI=1S/C15H24N2O3S/c1-4-17(5-2)14-10-8-13(9-11-14)16-15(18)7-6-12-21(3,19)20/h8-11H,4-7,12H2,1-3H3,(H,16,18). The largest absolute Gasteiger partial charge is 0.372 e. The van der Waals surface area contributed by atoms with E-state index in [1.165, 1.54) is 6.26 Å². The van der Waals surface area contributed by atoms with Crippen molar-refractivity contribution in [3.05, 3.63) is 24.3 Å². The van der Waals surface area contributed by atoms with Crippen molar-refractivity contribution in [2.75, 3.05) is 35.3 Å². The van der Waals surface area contributed by atoms with Crippen LogP contribution in [0.2, 0.25) is 0 Å². The molecule has 0 bridgehead atoms. The molecule has 5 nitrogen and oxygen atoms in total. The Labute approximate surface area is 127 Å². The maximum absolute atomic E-state index is 11.7. The van der Waals surface area contributed by atoms with Gasteiger partial charge >= 0.3 is 0 Å². The molecular weight excluding hydrogens is 288 g/mol. The van der Waals surface area contributed by atoms with Crippen molar-refractivity contribution in [3.63, 3.8) is 0 Å². The van der Waals surface area contributed by atoms with Gasteiger partial charge in [0.2, 0.25) is 5.91 Å². The van der Waals surface area contributed by atoms with Gasteiger partial charge in [0.15, 0.2) is 0 Å². The zero-order chi connectivity index (χ0) is 15.9. The average molecular weight is 312 g/mol. The van der Waals surface area contributed by atoms with E-state index in [1.807, 2.05) is 24.3 Å². The number of sulfone groups is 1. The van der Waals surface area contributed by atoms with Crippen LogP contribution in [-0.2, 0) is 14.6 Å². The van der Waals surface area contributed by atoms with E-state index in [4.69, 9.17) is 0 Å². The smallest absolute Gasteiger partial charge is 0.224 e. The first-order valence-electron chi connectivity index (χ1n) is 7.18. The maximum atomic E-state index is 11.7. The minimum absolute atomic E-state index is 0.0430. The van der Waals surface area contributed by atoms with E-state index in [0.717, 1.165) is 24.5 Å². The highest BCUT2D eigenvalue weighted by Gasteiger charge is 2.07. The third-order valence-electron chi connectivity index (χ3n) is 3.20. The van der Waals surface area contributed by atoms with Crippen molar-refractivity contribution in [2.24, 2.45) is 0 Å². The lowest BCUT2D eigenvalue weighted by molar-refractivity contribution is -0.116. The van der Waals surface area contributed by atoms with Gasteiger partial charge in [0.05, 0.1) is 5.75 Å². The number of rotatable bonds is 8. The van der Waals surface area contributed by atoms with E-state index in [-0.39, 0.29) is 18.1 Å². The highest BCUT2D eigenvalue weighted by molar-refractivity contribution is 7.90. The van der Waals surface area contributed by atoms with Gasteiger partial charge in [-0.05, 0) is 44.5 Å². The lowest BCUT2D eigenvalue weighted by atomic mass is 10.2. The second-order valence-electron chi connectivity index (χ2n) is 5.00. The Kier molecular flexibility index (Phi) is 6.68. The first-order valence-corrected chi connectivity index (χ1v) is 9.24. The second-order valence-corrected chi connectivity index (χ2v) is 7.26. The zero-order valence-corrected chi connectivity index (χ0v) is 13.7. The molecule has 1 amide bonds. The molecular formula is C15H24N2O3S. The molecule has 0 aliphatic carbocycles. The molecule has 0 aromatic heterocycles. The van der Waals surface area contributed by atoms with Crippen LogP contribution >= 0.6 is 0 Å². The monoisotopic (exact) mass is 312 g/mol. The summed E-state index contributed by atoms with van der Waals surface area (Å²) in [5, 5.41) is 2.78. The minimum Gasteiger partial charge on any atom is -0.372 e. The normalized spacial score (nSPS) is 11.2. The van der Waals surface area contributed by atoms with E-state index in [2.05, 4.69) is 24.1 Å². The Morgan fingerprint density at radius 3 is 2.19 bits per heavy atom. The lowest BCUT2D eigenvalue weighted by Gasteiger charge is -2.21. The average Bonchev–Trinajstić information content (AvgIpc) is 2.40. The number of carbonyl (C=O) groups is 1. The van der Waals surface area contributed by atoms with Crippen LogP contribution in [0, 0.1) is 0 Å². The molecule has 0 unspecified atom stereocenters. The predicted octanol–water partition coefficient (Wildman–Crippen LogP) is 2.30. The number of anilines is 2. The summed E-state index contributed by atoms with van der Waals surface area (Å²) in [6.45, 7) is 6.07. The molecule has 0 aliphatic rings. The summed E-state index contributed by atoms with van der Waals surface area (Å²) in [5.41, 5.74) is 1.85. The maximum Gasteiger partial charge on any atom is 0.224 e. The van der Waals surface area contributed by atoms with Crippen LogP contribution in [0.3, 0.4) is 0 Å². The molecule has 118 valence electrons. The van der Waals surface area contributed by atoms with Gasteiger partial charge in [-0.1, -0.05) is 0 Å². The van der Waals surface area contributed by atoms with Crippen molar-refractivity contribution in [1.29, 1.82) is 0 Å². The summed E-state index contributed by atoms with van der Waals surface area (Å²) in [6, 6.07) is 7.67. The fraction of sp³-hybridized carbons (Fsp3) is 0.533. The van der Waals surface area contributed by atoms with Crippen LogP contribution in [0.4, 0.5) is 11.4 Å². The Morgan fingerprint density at radius 2 is 1.71 bits per heavy atom. The number of nitrogens with zero attached hydrogens (tertiary/aromatic N) is 1. The molecule has 0 spiro atoms. The Morgan fingerprint density at radius 1 is 1.14 bits per heavy atom. The molecule has 1 N–H and O–H groups in total. The van der Waals surface area contributed by atoms with Gasteiger partial charge in [-0.2, -0.15) is 0 Å². The minimum atomic E-state index is -3.00.